The molecule has 0 aliphatic carbocycles. The number of benzene rings is 4. The molecule has 0 atom stereocenters. The first kappa shape index (κ1) is 23.7. The molecule has 0 aromatic heterocycles. The summed E-state index contributed by atoms with van der Waals surface area (Å²) in [4.78, 5) is 0. The Morgan fingerprint density at radius 2 is 1.03 bits per heavy atom. The van der Waals surface area contributed by atoms with Crippen LogP contribution in [0.25, 0.3) is 22.3 Å². The Labute approximate surface area is 191 Å². The fourth-order valence-electron chi connectivity index (χ4n) is 2.93. The van der Waals surface area contributed by atoms with Gasteiger partial charge in [0, 0.05) is 5.46 Å². The molecule has 4 aromatic rings. The van der Waals surface area contributed by atoms with Gasteiger partial charge in [-0.05, 0) is 80.6 Å². The summed E-state index contributed by atoms with van der Waals surface area (Å²) in [5, 5.41) is 17.7. The molecule has 4 aromatic carbocycles. The lowest BCUT2D eigenvalue weighted by atomic mass is 9.79. The Morgan fingerprint density at radius 1 is 0.562 bits per heavy atom. The molecule has 2 N–H and O–H groups in total. The van der Waals surface area contributed by atoms with Gasteiger partial charge >= 0.3 is 7.12 Å². The van der Waals surface area contributed by atoms with Crippen LogP contribution in [0.15, 0.2) is 89.4 Å². The molecule has 0 radical (unpaired) electrons. The van der Waals surface area contributed by atoms with Crippen LogP contribution in [0.3, 0.4) is 0 Å². The minimum atomic E-state index is -1.85. The summed E-state index contributed by atoms with van der Waals surface area (Å²) in [6, 6.07) is 20.5. The maximum absolute atomic E-state index is 13.5. The van der Waals surface area contributed by atoms with E-state index < -0.39 is 18.8 Å². The zero-order valence-electron chi connectivity index (χ0n) is 16.4. The van der Waals surface area contributed by atoms with Crippen LogP contribution < -0.4 is 5.46 Å². The first-order chi connectivity index (χ1) is 15.2. The van der Waals surface area contributed by atoms with Crippen LogP contribution in [-0.2, 0) is 0 Å². The van der Waals surface area contributed by atoms with E-state index in [1.54, 1.807) is 30.3 Å². The van der Waals surface area contributed by atoms with Gasteiger partial charge < -0.3 is 10.0 Å². The summed E-state index contributed by atoms with van der Waals surface area (Å²) in [5.74, 6) is -1.82. The lowest BCUT2D eigenvalue weighted by Gasteiger charge is -2.05. The van der Waals surface area contributed by atoms with Gasteiger partial charge in [-0.3, -0.25) is 0 Å². The van der Waals surface area contributed by atoms with Crippen molar-refractivity contribution in [1.82, 2.24) is 0 Å². The SMILES string of the molecule is Fc1cccc(-c2ccc(Br)c(F)c2)c1.OB(O)c1ccc(-c2cccc(F)c2)cc1F. The van der Waals surface area contributed by atoms with Crippen molar-refractivity contribution in [2.24, 2.45) is 0 Å². The molecular formula is C24H16BBrF4O2. The van der Waals surface area contributed by atoms with Crippen molar-refractivity contribution in [3.05, 3.63) is 113 Å². The van der Waals surface area contributed by atoms with Gasteiger partial charge in [0.05, 0.1) is 4.47 Å². The van der Waals surface area contributed by atoms with Gasteiger partial charge in [0.15, 0.2) is 0 Å². The molecule has 0 amide bonds. The number of hydrogen-bond acceptors (Lipinski definition) is 2. The zero-order valence-corrected chi connectivity index (χ0v) is 18.0. The van der Waals surface area contributed by atoms with Gasteiger partial charge in [-0.2, -0.15) is 0 Å². The van der Waals surface area contributed by atoms with Gasteiger partial charge in [-0.15, -0.1) is 0 Å². The molecule has 0 saturated carbocycles. The van der Waals surface area contributed by atoms with Gasteiger partial charge in [0.2, 0.25) is 0 Å². The van der Waals surface area contributed by atoms with E-state index >= 15 is 0 Å². The highest BCUT2D eigenvalue weighted by Crippen LogP contribution is 2.25. The molecule has 0 aliphatic rings. The Kier molecular flexibility index (Phi) is 7.85. The maximum Gasteiger partial charge on any atom is 0.491 e. The summed E-state index contributed by atoms with van der Waals surface area (Å²) in [6.07, 6.45) is 0. The topological polar surface area (TPSA) is 40.5 Å². The first-order valence-electron chi connectivity index (χ1n) is 9.37. The average Bonchev–Trinajstić information content (AvgIpc) is 2.76. The number of hydrogen-bond donors (Lipinski definition) is 2. The third-order valence-electron chi connectivity index (χ3n) is 4.51. The maximum atomic E-state index is 13.5. The lowest BCUT2D eigenvalue weighted by Crippen LogP contribution is -2.32. The minimum absolute atomic E-state index is 0.204. The smallest absolute Gasteiger partial charge is 0.423 e. The Hall–Kier alpha value is -2.94. The molecule has 0 unspecified atom stereocenters. The first-order valence-corrected chi connectivity index (χ1v) is 10.2. The Balaban J connectivity index is 0.000000182. The molecule has 0 fully saturated rings. The Morgan fingerprint density at radius 3 is 1.47 bits per heavy atom. The van der Waals surface area contributed by atoms with E-state index in [-0.39, 0.29) is 17.1 Å². The Bertz CT molecular complexity index is 1230. The van der Waals surface area contributed by atoms with Crippen LogP contribution in [0, 0.1) is 23.3 Å². The summed E-state index contributed by atoms with van der Waals surface area (Å²) >= 11 is 3.07. The second-order valence-electron chi connectivity index (χ2n) is 6.76. The molecule has 2 nitrogen and oxygen atoms in total. The predicted molar refractivity (Wildman–Crippen MR) is 121 cm³/mol. The summed E-state index contributed by atoms with van der Waals surface area (Å²) in [7, 11) is -1.85. The molecule has 0 heterocycles. The molecule has 0 saturated heterocycles. The fraction of sp³-hybridized carbons (Fsp3) is 0. The van der Waals surface area contributed by atoms with Gasteiger partial charge in [-0.1, -0.05) is 42.5 Å². The highest BCUT2D eigenvalue weighted by atomic mass is 79.9. The van der Waals surface area contributed by atoms with Crippen LogP contribution in [0.4, 0.5) is 17.6 Å². The van der Waals surface area contributed by atoms with E-state index in [4.69, 9.17) is 10.0 Å². The summed E-state index contributed by atoms with van der Waals surface area (Å²) in [6.45, 7) is 0. The molecule has 32 heavy (non-hydrogen) atoms. The van der Waals surface area contributed by atoms with Gasteiger partial charge in [0.25, 0.3) is 0 Å². The summed E-state index contributed by atoms with van der Waals surface area (Å²) < 4.78 is 53.0. The molecule has 0 aliphatic heterocycles. The number of halogens is 5. The molecular weight excluding hydrogens is 487 g/mol. The van der Waals surface area contributed by atoms with E-state index in [0.29, 0.717) is 26.7 Å². The molecule has 0 spiro atoms. The fourth-order valence-corrected chi connectivity index (χ4v) is 3.17. The van der Waals surface area contributed by atoms with Crippen LogP contribution in [0.2, 0.25) is 0 Å². The third-order valence-corrected chi connectivity index (χ3v) is 5.16. The van der Waals surface area contributed by atoms with Crippen molar-refractivity contribution in [2.75, 3.05) is 0 Å². The van der Waals surface area contributed by atoms with E-state index in [9.17, 15) is 17.6 Å². The average molecular weight is 503 g/mol. The molecule has 8 heteroatoms. The van der Waals surface area contributed by atoms with Crippen molar-refractivity contribution in [2.45, 2.75) is 0 Å². The lowest BCUT2D eigenvalue weighted by molar-refractivity contribution is 0.423. The molecule has 162 valence electrons. The van der Waals surface area contributed by atoms with E-state index in [0.717, 1.165) is 6.07 Å². The van der Waals surface area contributed by atoms with Gasteiger partial charge in [-0.25, -0.2) is 17.6 Å². The van der Waals surface area contributed by atoms with E-state index in [1.165, 1.54) is 48.5 Å². The van der Waals surface area contributed by atoms with Gasteiger partial charge in [0.1, 0.15) is 23.3 Å². The van der Waals surface area contributed by atoms with Crippen LogP contribution >= 0.6 is 15.9 Å². The predicted octanol–water partition coefficient (Wildman–Crippen LogP) is 5.71. The number of rotatable bonds is 3. The van der Waals surface area contributed by atoms with E-state index in [2.05, 4.69) is 15.9 Å². The van der Waals surface area contributed by atoms with Crippen LogP contribution in [-0.4, -0.2) is 17.2 Å². The summed E-state index contributed by atoms with van der Waals surface area (Å²) in [5.41, 5.74) is 2.14. The largest absolute Gasteiger partial charge is 0.491 e. The molecule has 0 bridgehead atoms. The standard InChI is InChI=1S/C12H9BF2O2.C12H7BrF2/c14-10-3-1-2-8(6-10)9-4-5-11(13(16)17)12(15)7-9;13-11-5-4-9(7-12(11)15)8-2-1-3-10(14)6-8/h1-7,16-17H;1-7H. The van der Waals surface area contributed by atoms with Crippen LogP contribution in [0.1, 0.15) is 0 Å². The van der Waals surface area contributed by atoms with Crippen LogP contribution in [0.5, 0.6) is 0 Å². The third kappa shape index (κ3) is 6.06. The van der Waals surface area contributed by atoms with E-state index in [1.807, 2.05) is 0 Å². The monoisotopic (exact) mass is 502 g/mol. The van der Waals surface area contributed by atoms with Crippen molar-refractivity contribution in [3.8, 4) is 22.3 Å². The normalized spacial score (nSPS) is 10.3. The quantitative estimate of drug-likeness (QED) is 0.278. The zero-order chi connectivity index (χ0) is 23.3. The van der Waals surface area contributed by atoms with Crippen molar-refractivity contribution >= 4 is 28.5 Å². The van der Waals surface area contributed by atoms with Crippen molar-refractivity contribution in [1.29, 1.82) is 0 Å². The van der Waals surface area contributed by atoms with Crippen molar-refractivity contribution in [3.63, 3.8) is 0 Å². The van der Waals surface area contributed by atoms with Crippen molar-refractivity contribution < 1.29 is 27.6 Å². The second kappa shape index (κ2) is 10.6. The highest BCUT2D eigenvalue weighted by Gasteiger charge is 2.16. The molecule has 4 rings (SSSR count). The highest BCUT2D eigenvalue weighted by molar-refractivity contribution is 9.10. The second-order valence-corrected chi connectivity index (χ2v) is 7.61. The minimum Gasteiger partial charge on any atom is -0.423 e.